The highest BCUT2D eigenvalue weighted by Crippen LogP contribution is 2.19. The zero-order valence-corrected chi connectivity index (χ0v) is 12.6. The summed E-state index contributed by atoms with van der Waals surface area (Å²) in [7, 11) is 1.89. The van der Waals surface area contributed by atoms with Gasteiger partial charge in [-0.3, -0.25) is 0 Å². The lowest BCUT2D eigenvalue weighted by atomic mass is 10.2. The maximum Gasteiger partial charge on any atom is 0.227 e. The Morgan fingerprint density at radius 1 is 0.952 bits per heavy atom. The molecule has 0 radical (unpaired) electrons. The maximum absolute atomic E-state index is 4.56. The Bertz CT molecular complexity index is 591. The summed E-state index contributed by atoms with van der Waals surface area (Å²) < 4.78 is 0. The molecule has 1 aliphatic rings. The van der Waals surface area contributed by atoms with E-state index in [-0.39, 0.29) is 0 Å². The molecule has 3 rings (SSSR count). The number of hydrogen-bond acceptors (Lipinski definition) is 5. The number of piperazine rings is 1. The normalized spacial score (nSPS) is 15.1. The second-order valence-electron chi connectivity index (χ2n) is 5.25. The van der Waals surface area contributed by atoms with Crippen molar-refractivity contribution in [1.29, 1.82) is 0 Å². The van der Waals surface area contributed by atoms with E-state index in [0.29, 0.717) is 0 Å². The van der Waals surface area contributed by atoms with Gasteiger partial charge in [-0.15, -0.1) is 0 Å². The molecule has 1 saturated heterocycles. The first kappa shape index (κ1) is 13.7. The Hall–Kier alpha value is -2.30. The molecule has 2 aromatic rings. The topological polar surface area (TPSA) is 44.3 Å². The van der Waals surface area contributed by atoms with Crippen LogP contribution in [-0.4, -0.2) is 43.2 Å². The summed E-state index contributed by atoms with van der Waals surface area (Å²) in [5.74, 6) is 1.70. The van der Waals surface area contributed by atoms with Gasteiger partial charge in [-0.1, -0.05) is 18.2 Å². The highest BCUT2D eigenvalue weighted by atomic mass is 15.3. The van der Waals surface area contributed by atoms with E-state index >= 15 is 0 Å². The average Bonchev–Trinajstić information content (AvgIpc) is 2.55. The van der Waals surface area contributed by atoms with Crippen molar-refractivity contribution in [3.63, 3.8) is 0 Å². The number of anilines is 3. The van der Waals surface area contributed by atoms with Gasteiger partial charge in [0.1, 0.15) is 5.82 Å². The SMILES string of the molecule is CNc1cc(C)nc(N2CCN(c3ccccc3)CC2)n1. The van der Waals surface area contributed by atoms with Gasteiger partial charge in [-0.25, -0.2) is 4.98 Å². The van der Waals surface area contributed by atoms with Gasteiger partial charge in [-0.2, -0.15) is 4.98 Å². The maximum atomic E-state index is 4.56. The lowest BCUT2D eigenvalue weighted by molar-refractivity contribution is 0.639. The molecule has 5 nitrogen and oxygen atoms in total. The van der Waals surface area contributed by atoms with Crippen LogP contribution >= 0.6 is 0 Å². The highest BCUT2D eigenvalue weighted by Gasteiger charge is 2.19. The number of aryl methyl sites for hydroxylation is 1. The van der Waals surface area contributed by atoms with Crippen LogP contribution in [0, 0.1) is 6.92 Å². The molecule has 0 aliphatic carbocycles. The molecule has 110 valence electrons. The van der Waals surface area contributed by atoms with Crippen LogP contribution in [0.3, 0.4) is 0 Å². The van der Waals surface area contributed by atoms with Crippen molar-refractivity contribution in [2.45, 2.75) is 6.92 Å². The van der Waals surface area contributed by atoms with Crippen LogP contribution in [0.25, 0.3) is 0 Å². The van der Waals surface area contributed by atoms with E-state index in [2.05, 4.69) is 55.4 Å². The number of hydrogen-bond donors (Lipinski definition) is 1. The van der Waals surface area contributed by atoms with Gasteiger partial charge in [0.25, 0.3) is 0 Å². The molecule has 1 aromatic carbocycles. The summed E-state index contributed by atoms with van der Waals surface area (Å²) in [6.07, 6.45) is 0. The zero-order chi connectivity index (χ0) is 14.7. The first-order valence-corrected chi connectivity index (χ1v) is 7.34. The Morgan fingerprint density at radius 3 is 2.29 bits per heavy atom. The predicted molar refractivity (Wildman–Crippen MR) is 87.2 cm³/mol. The Morgan fingerprint density at radius 2 is 1.62 bits per heavy atom. The number of aromatic nitrogens is 2. The third-order valence-electron chi connectivity index (χ3n) is 3.78. The van der Waals surface area contributed by atoms with Gasteiger partial charge in [-0.05, 0) is 19.1 Å². The fraction of sp³-hybridized carbons (Fsp3) is 0.375. The molecule has 1 fully saturated rings. The van der Waals surface area contributed by atoms with E-state index in [1.807, 2.05) is 20.0 Å². The fourth-order valence-corrected chi connectivity index (χ4v) is 2.63. The van der Waals surface area contributed by atoms with E-state index in [9.17, 15) is 0 Å². The summed E-state index contributed by atoms with van der Waals surface area (Å²) >= 11 is 0. The molecule has 0 amide bonds. The standard InChI is InChI=1S/C16H21N5/c1-13-12-15(17-2)19-16(18-13)21-10-8-20(9-11-21)14-6-4-3-5-7-14/h3-7,12H,8-11H2,1-2H3,(H,17,18,19). The second kappa shape index (κ2) is 5.99. The van der Waals surface area contributed by atoms with Crippen LogP contribution in [0.15, 0.2) is 36.4 Å². The van der Waals surface area contributed by atoms with Gasteiger partial charge in [0, 0.05) is 50.7 Å². The lowest BCUT2D eigenvalue weighted by Gasteiger charge is -2.36. The van der Waals surface area contributed by atoms with Crippen molar-refractivity contribution in [1.82, 2.24) is 9.97 Å². The van der Waals surface area contributed by atoms with Crippen molar-refractivity contribution in [2.75, 3.05) is 48.3 Å². The van der Waals surface area contributed by atoms with Crippen LogP contribution in [0.1, 0.15) is 5.69 Å². The first-order valence-electron chi connectivity index (χ1n) is 7.34. The Kier molecular flexibility index (Phi) is 3.90. The monoisotopic (exact) mass is 283 g/mol. The smallest absolute Gasteiger partial charge is 0.227 e. The van der Waals surface area contributed by atoms with E-state index < -0.39 is 0 Å². The number of benzene rings is 1. The van der Waals surface area contributed by atoms with Gasteiger partial charge in [0.05, 0.1) is 0 Å². The zero-order valence-electron chi connectivity index (χ0n) is 12.6. The summed E-state index contributed by atoms with van der Waals surface area (Å²) in [5, 5.41) is 3.09. The van der Waals surface area contributed by atoms with Crippen LogP contribution < -0.4 is 15.1 Å². The van der Waals surface area contributed by atoms with Crippen LogP contribution in [0.2, 0.25) is 0 Å². The molecule has 1 aliphatic heterocycles. The van der Waals surface area contributed by atoms with E-state index in [0.717, 1.165) is 43.6 Å². The molecular formula is C16H21N5. The molecule has 1 aromatic heterocycles. The quantitative estimate of drug-likeness (QED) is 0.935. The van der Waals surface area contributed by atoms with Crippen molar-refractivity contribution >= 4 is 17.5 Å². The molecule has 0 bridgehead atoms. The third-order valence-corrected chi connectivity index (χ3v) is 3.78. The molecule has 2 heterocycles. The number of para-hydroxylation sites is 1. The molecular weight excluding hydrogens is 262 g/mol. The van der Waals surface area contributed by atoms with Gasteiger partial charge in [0.2, 0.25) is 5.95 Å². The molecule has 5 heteroatoms. The minimum atomic E-state index is 0.826. The Labute approximate surface area is 125 Å². The molecule has 0 saturated carbocycles. The fourth-order valence-electron chi connectivity index (χ4n) is 2.63. The summed E-state index contributed by atoms with van der Waals surface area (Å²) in [4.78, 5) is 13.8. The van der Waals surface area contributed by atoms with Gasteiger partial charge in [0.15, 0.2) is 0 Å². The largest absolute Gasteiger partial charge is 0.373 e. The summed E-state index contributed by atoms with van der Waals surface area (Å²) in [5.41, 5.74) is 2.29. The van der Waals surface area contributed by atoms with Crippen molar-refractivity contribution in [2.24, 2.45) is 0 Å². The van der Waals surface area contributed by atoms with Crippen molar-refractivity contribution < 1.29 is 0 Å². The molecule has 0 atom stereocenters. The van der Waals surface area contributed by atoms with E-state index in [4.69, 9.17) is 0 Å². The minimum absolute atomic E-state index is 0.826. The van der Waals surface area contributed by atoms with Crippen molar-refractivity contribution in [3.8, 4) is 0 Å². The Balaban J connectivity index is 1.70. The van der Waals surface area contributed by atoms with Gasteiger partial charge < -0.3 is 15.1 Å². The van der Waals surface area contributed by atoms with E-state index in [1.165, 1.54) is 5.69 Å². The highest BCUT2D eigenvalue weighted by molar-refractivity contribution is 5.49. The first-order chi connectivity index (χ1) is 10.3. The van der Waals surface area contributed by atoms with Crippen LogP contribution in [-0.2, 0) is 0 Å². The van der Waals surface area contributed by atoms with E-state index in [1.54, 1.807) is 0 Å². The number of nitrogens with zero attached hydrogens (tertiary/aromatic N) is 4. The van der Waals surface area contributed by atoms with Gasteiger partial charge >= 0.3 is 0 Å². The molecule has 21 heavy (non-hydrogen) atoms. The number of rotatable bonds is 3. The minimum Gasteiger partial charge on any atom is -0.373 e. The number of nitrogens with one attached hydrogen (secondary N) is 1. The summed E-state index contributed by atoms with van der Waals surface area (Å²) in [6.45, 7) is 5.89. The van der Waals surface area contributed by atoms with Crippen LogP contribution in [0.4, 0.5) is 17.5 Å². The van der Waals surface area contributed by atoms with Crippen LogP contribution in [0.5, 0.6) is 0 Å². The molecule has 0 spiro atoms. The van der Waals surface area contributed by atoms with Crippen molar-refractivity contribution in [3.05, 3.63) is 42.1 Å². The summed E-state index contributed by atoms with van der Waals surface area (Å²) in [6, 6.07) is 12.5. The second-order valence-corrected chi connectivity index (χ2v) is 5.25. The third kappa shape index (κ3) is 3.07. The molecule has 1 N–H and O–H groups in total. The lowest BCUT2D eigenvalue weighted by Crippen LogP contribution is -2.47. The predicted octanol–water partition coefficient (Wildman–Crippen LogP) is 2.15. The molecule has 0 unspecified atom stereocenters. The average molecular weight is 283 g/mol.